The molecule has 0 aliphatic carbocycles. The number of aliphatic carboxylic acids is 1. The summed E-state index contributed by atoms with van der Waals surface area (Å²) in [6.45, 7) is 1.15. The van der Waals surface area contributed by atoms with Gasteiger partial charge in [0.15, 0.2) is 0 Å². The molecule has 2 aromatic carbocycles. The number of sulfonamides is 1. The lowest BCUT2D eigenvalue weighted by molar-refractivity contribution is -0.385. The molecule has 0 saturated heterocycles. The van der Waals surface area contributed by atoms with Crippen molar-refractivity contribution in [3.8, 4) is 0 Å². The number of rotatable bonds is 6. The molecule has 0 heterocycles. The summed E-state index contributed by atoms with van der Waals surface area (Å²) >= 11 is 11.9. The number of nitrogens with zero attached hydrogens (tertiary/aromatic N) is 2. The lowest BCUT2D eigenvalue weighted by Crippen LogP contribution is -2.43. The number of hydrogen-bond acceptors (Lipinski definition) is 5. The van der Waals surface area contributed by atoms with E-state index in [-0.39, 0.29) is 15.7 Å². The van der Waals surface area contributed by atoms with Crippen LogP contribution in [0.3, 0.4) is 0 Å². The summed E-state index contributed by atoms with van der Waals surface area (Å²) in [4.78, 5) is 21.2. The lowest BCUT2D eigenvalue weighted by Gasteiger charge is -2.28. The average molecular weight is 419 g/mol. The van der Waals surface area contributed by atoms with Crippen molar-refractivity contribution in [3.05, 3.63) is 62.6 Å². The Labute approximate surface area is 158 Å². The summed E-state index contributed by atoms with van der Waals surface area (Å²) in [5.41, 5.74) is -0.561. The summed E-state index contributed by atoms with van der Waals surface area (Å²) in [5, 5.41) is 20.4. The van der Waals surface area contributed by atoms with E-state index in [4.69, 9.17) is 23.2 Å². The van der Waals surface area contributed by atoms with E-state index in [0.29, 0.717) is 4.31 Å². The summed E-state index contributed by atoms with van der Waals surface area (Å²) in [7, 11) is -4.47. The summed E-state index contributed by atoms with van der Waals surface area (Å²) in [6.07, 6.45) is 0. The molecule has 2 rings (SSSR count). The van der Waals surface area contributed by atoms with Crippen molar-refractivity contribution in [1.82, 2.24) is 0 Å². The molecule has 0 aliphatic rings. The molecule has 1 N–H and O–H groups in total. The van der Waals surface area contributed by atoms with Gasteiger partial charge in [0.2, 0.25) is 0 Å². The van der Waals surface area contributed by atoms with Gasteiger partial charge in [-0.15, -0.1) is 0 Å². The van der Waals surface area contributed by atoms with Gasteiger partial charge in [0.25, 0.3) is 15.7 Å². The minimum Gasteiger partial charge on any atom is -0.480 e. The molecule has 0 bridgehead atoms. The van der Waals surface area contributed by atoms with Gasteiger partial charge in [0.05, 0.1) is 20.5 Å². The first-order valence-corrected chi connectivity index (χ1v) is 9.22. The van der Waals surface area contributed by atoms with Gasteiger partial charge < -0.3 is 5.11 Å². The molecule has 8 nitrogen and oxygen atoms in total. The maximum absolute atomic E-state index is 13.0. The molecule has 1 atom stereocenters. The first kappa shape index (κ1) is 20.0. The maximum Gasteiger partial charge on any atom is 0.327 e. The Morgan fingerprint density at radius 3 is 2.42 bits per heavy atom. The predicted octanol–water partition coefficient (Wildman–Crippen LogP) is 3.57. The fourth-order valence-electron chi connectivity index (χ4n) is 2.18. The van der Waals surface area contributed by atoms with Crippen molar-refractivity contribution in [2.75, 3.05) is 4.31 Å². The van der Waals surface area contributed by atoms with Crippen LogP contribution in [-0.2, 0) is 14.8 Å². The van der Waals surface area contributed by atoms with E-state index in [9.17, 15) is 28.4 Å². The smallest absolute Gasteiger partial charge is 0.327 e. The first-order chi connectivity index (χ1) is 12.1. The number of carboxylic acid groups (broad SMARTS) is 1. The second-order valence-electron chi connectivity index (χ2n) is 5.17. The zero-order valence-corrected chi connectivity index (χ0v) is 15.5. The summed E-state index contributed by atoms with van der Waals surface area (Å²) in [5.74, 6) is -1.43. The van der Waals surface area contributed by atoms with Crippen molar-refractivity contribution in [2.24, 2.45) is 0 Å². The van der Waals surface area contributed by atoms with Crippen molar-refractivity contribution < 1.29 is 23.2 Å². The van der Waals surface area contributed by atoms with E-state index in [1.165, 1.54) is 24.3 Å². The average Bonchev–Trinajstić information content (AvgIpc) is 2.56. The zero-order chi connectivity index (χ0) is 19.6. The molecule has 11 heteroatoms. The molecule has 0 aliphatic heterocycles. The summed E-state index contributed by atoms with van der Waals surface area (Å²) in [6, 6.07) is 6.65. The van der Waals surface area contributed by atoms with Gasteiger partial charge in [0.1, 0.15) is 6.04 Å². The number of anilines is 1. The van der Waals surface area contributed by atoms with E-state index in [2.05, 4.69) is 0 Å². The quantitative estimate of drug-likeness (QED) is 0.565. The molecule has 0 spiro atoms. The van der Waals surface area contributed by atoms with Gasteiger partial charge >= 0.3 is 5.97 Å². The van der Waals surface area contributed by atoms with Crippen molar-refractivity contribution >= 4 is 50.6 Å². The van der Waals surface area contributed by atoms with Crippen LogP contribution in [0.4, 0.5) is 11.4 Å². The highest BCUT2D eigenvalue weighted by molar-refractivity contribution is 7.93. The van der Waals surface area contributed by atoms with Crippen molar-refractivity contribution in [1.29, 1.82) is 0 Å². The number of carboxylic acids is 1. The molecule has 1 unspecified atom stereocenters. The Morgan fingerprint density at radius 2 is 1.88 bits per heavy atom. The number of halogens is 2. The third-order valence-electron chi connectivity index (χ3n) is 3.44. The van der Waals surface area contributed by atoms with E-state index in [0.717, 1.165) is 25.1 Å². The third kappa shape index (κ3) is 3.90. The number of non-ortho nitro benzene ring substituents is 1. The largest absolute Gasteiger partial charge is 0.480 e. The summed E-state index contributed by atoms with van der Waals surface area (Å²) < 4.78 is 26.7. The van der Waals surface area contributed by atoms with Gasteiger partial charge in [-0.2, -0.15) is 0 Å². The Bertz CT molecular complexity index is 980. The lowest BCUT2D eigenvalue weighted by atomic mass is 10.2. The molecular weight excluding hydrogens is 407 g/mol. The Hall–Kier alpha value is -2.36. The molecule has 138 valence electrons. The van der Waals surface area contributed by atoms with Crippen molar-refractivity contribution in [2.45, 2.75) is 17.9 Å². The Kier molecular flexibility index (Phi) is 5.74. The molecule has 0 radical (unpaired) electrons. The molecule has 0 aromatic heterocycles. The number of nitro groups is 1. The van der Waals surface area contributed by atoms with Crippen LogP contribution in [0.25, 0.3) is 0 Å². The van der Waals surface area contributed by atoms with Crippen LogP contribution in [0, 0.1) is 10.1 Å². The Balaban J connectivity index is 2.70. The predicted molar refractivity (Wildman–Crippen MR) is 96.3 cm³/mol. The molecule has 2 aromatic rings. The molecule has 0 amide bonds. The van der Waals surface area contributed by atoms with Gasteiger partial charge in [-0.3, -0.25) is 14.4 Å². The van der Waals surface area contributed by atoms with E-state index >= 15 is 0 Å². The van der Waals surface area contributed by atoms with Crippen LogP contribution in [0.2, 0.25) is 10.0 Å². The van der Waals surface area contributed by atoms with Gasteiger partial charge in [-0.05, 0) is 31.2 Å². The zero-order valence-electron chi connectivity index (χ0n) is 13.2. The third-order valence-corrected chi connectivity index (χ3v) is 5.86. The normalized spacial score (nSPS) is 12.4. The maximum atomic E-state index is 13.0. The highest BCUT2D eigenvalue weighted by atomic mass is 35.5. The van der Waals surface area contributed by atoms with Gasteiger partial charge in [-0.1, -0.05) is 29.3 Å². The fourth-order valence-corrected chi connectivity index (χ4v) is 4.40. The molecule has 0 fully saturated rings. The monoisotopic (exact) mass is 418 g/mol. The van der Waals surface area contributed by atoms with Crippen LogP contribution in [0.1, 0.15) is 6.92 Å². The second kappa shape index (κ2) is 7.48. The second-order valence-corrected chi connectivity index (χ2v) is 7.82. The minimum absolute atomic E-state index is 0.0837. The number of hydrogen-bond donors (Lipinski definition) is 1. The van der Waals surface area contributed by atoms with Crippen LogP contribution in [0.5, 0.6) is 0 Å². The molecule has 26 heavy (non-hydrogen) atoms. The standard InChI is InChI=1S/C15H12Cl2N2O6S/c1-9(15(20)21)18(14-6-5-10(16)7-13(14)17)26(24,25)12-4-2-3-11(8-12)19(22)23/h2-9H,1H3,(H,20,21). The highest BCUT2D eigenvalue weighted by Gasteiger charge is 2.35. The highest BCUT2D eigenvalue weighted by Crippen LogP contribution is 2.34. The molecule has 0 saturated carbocycles. The number of nitro benzene ring substituents is 1. The van der Waals surface area contributed by atoms with Crippen LogP contribution < -0.4 is 4.31 Å². The molecular formula is C15H12Cl2N2O6S. The Morgan fingerprint density at radius 1 is 1.23 bits per heavy atom. The SMILES string of the molecule is CC(C(=O)O)N(c1ccc(Cl)cc1Cl)S(=O)(=O)c1cccc([N+](=O)[O-])c1. The minimum atomic E-state index is -4.47. The van der Waals surface area contributed by atoms with Crippen LogP contribution in [-0.4, -0.2) is 30.5 Å². The van der Waals surface area contributed by atoms with E-state index in [1.54, 1.807) is 0 Å². The van der Waals surface area contributed by atoms with Gasteiger partial charge in [0, 0.05) is 17.2 Å². The fraction of sp³-hybridized carbons (Fsp3) is 0.133. The van der Waals surface area contributed by atoms with E-state index < -0.39 is 37.5 Å². The van der Waals surface area contributed by atoms with Gasteiger partial charge in [-0.25, -0.2) is 13.2 Å². The number of benzene rings is 2. The van der Waals surface area contributed by atoms with Crippen molar-refractivity contribution in [3.63, 3.8) is 0 Å². The number of carbonyl (C=O) groups is 1. The first-order valence-electron chi connectivity index (χ1n) is 7.02. The van der Waals surface area contributed by atoms with Crippen LogP contribution in [0.15, 0.2) is 47.4 Å². The topological polar surface area (TPSA) is 118 Å². The van der Waals surface area contributed by atoms with E-state index in [1.807, 2.05) is 0 Å². The van der Waals surface area contributed by atoms with Crippen LogP contribution >= 0.6 is 23.2 Å².